The first-order valence-electron chi connectivity index (χ1n) is 9.33. The van der Waals surface area contributed by atoms with Crippen LogP contribution in [0.3, 0.4) is 0 Å². The molecule has 28 heavy (non-hydrogen) atoms. The van der Waals surface area contributed by atoms with Crippen LogP contribution < -0.4 is 4.90 Å². The quantitative estimate of drug-likeness (QED) is 0.590. The molecular formula is C23H27N3O2. The summed E-state index contributed by atoms with van der Waals surface area (Å²) in [6.07, 6.45) is 5.94. The monoisotopic (exact) mass is 377 g/mol. The van der Waals surface area contributed by atoms with Crippen LogP contribution in [-0.4, -0.2) is 22.7 Å². The van der Waals surface area contributed by atoms with Gasteiger partial charge in [0.1, 0.15) is 30.2 Å². The molecular weight excluding hydrogens is 350 g/mol. The Balaban J connectivity index is 2.26. The Kier molecular flexibility index (Phi) is 6.80. The molecule has 2 unspecified atom stereocenters. The van der Waals surface area contributed by atoms with E-state index >= 15 is 0 Å². The molecule has 1 aliphatic rings. The van der Waals surface area contributed by atoms with Crippen molar-refractivity contribution in [1.29, 1.82) is 10.5 Å². The molecule has 0 aromatic heterocycles. The molecule has 0 aliphatic heterocycles. The molecule has 0 fully saturated rings. The van der Waals surface area contributed by atoms with Gasteiger partial charge in [-0.3, -0.25) is 0 Å². The van der Waals surface area contributed by atoms with E-state index in [4.69, 9.17) is 0 Å². The van der Waals surface area contributed by atoms with Crippen LogP contribution in [-0.2, 0) is 0 Å². The summed E-state index contributed by atoms with van der Waals surface area (Å²) in [6, 6.07) is 11.5. The molecule has 0 radical (unpaired) electrons. The number of rotatable bonds is 5. The smallest absolute Gasteiger partial charge is 0.132 e. The van der Waals surface area contributed by atoms with E-state index < -0.39 is 12.5 Å². The number of hydrogen-bond donors (Lipinski definition) is 2. The van der Waals surface area contributed by atoms with Gasteiger partial charge in [-0.2, -0.15) is 10.5 Å². The minimum Gasteiger partial charge on any atom is -0.374 e. The first kappa shape index (κ1) is 21.4. The predicted octanol–water partition coefficient (Wildman–Crippen LogP) is 4.27. The maximum atomic E-state index is 9.83. The van der Waals surface area contributed by atoms with Crippen LogP contribution in [0.15, 0.2) is 53.1 Å². The molecule has 2 rings (SSSR count). The topological polar surface area (TPSA) is 91.3 Å². The Labute approximate surface area is 167 Å². The fourth-order valence-corrected chi connectivity index (χ4v) is 3.60. The van der Waals surface area contributed by atoms with Gasteiger partial charge < -0.3 is 15.1 Å². The van der Waals surface area contributed by atoms with Crippen molar-refractivity contribution in [2.24, 2.45) is 5.41 Å². The van der Waals surface area contributed by atoms with E-state index in [1.54, 1.807) is 13.8 Å². The van der Waals surface area contributed by atoms with E-state index in [1.807, 2.05) is 54.6 Å². The lowest BCUT2D eigenvalue weighted by atomic mass is 9.74. The fraction of sp³-hybridized carbons (Fsp3) is 0.391. The predicted molar refractivity (Wildman–Crippen MR) is 111 cm³/mol. The van der Waals surface area contributed by atoms with Gasteiger partial charge >= 0.3 is 0 Å². The molecule has 0 bridgehead atoms. The lowest BCUT2D eigenvalue weighted by Crippen LogP contribution is -2.40. The average molecular weight is 377 g/mol. The third kappa shape index (κ3) is 5.33. The van der Waals surface area contributed by atoms with E-state index in [-0.39, 0.29) is 11.0 Å². The third-order valence-electron chi connectivity index (χ3n) is 4.74. The highest BCUT2D eigenvalue weighted by Crippen LogP contribution is 2.39. The van der Waals surface area contributed by atoms with Crippen molar-refractivity contribution in [3.05, 3.63) is 58.7 Å². The Hall–Kier alpha value is -2.86. The largest absolute Gasteiger partial charge is 0.374 e. The van der Waals surface area contributed by atoms with Crippen LogP contribution in [0, 0.1) is 28.1 Å². The zero-order valence-electron chi connectivity index (χ0n) is 16.8. The van der Waals surface area contributed by atoms with Crippen molar-refractivity contribution in [2.75, 3.05) is 4.90 Å². The van der Waals surface area contributed by atoms with Crippen LogP contribution in [0.1, 0.15) is 46.1 Å². The Morgan fingerprint density at radius 3 is 2.11 bits per heavy atom. The van der Waals surface area contributed by atoms with Crippen LogP contribution in [0.5, 0.6) is 0 Å². The number of allylic oxidation sites excluding steroid dienone is 5. The minimum absolute atomic E-state index is 0.0123. The lowest BCUT2D eigenvalue weighted by Gasteiger charge is -2.30. The SMILES string of the molecule is CC(O)N(c1ccc(C=CC2=CC(=C(C#N)C#N)CC(C)(C)C2)cc1)C(C)O. The van der Waals surface area contributed by atoms with Gasteiger partial charge in [0, 0.05) is 5.69 Å². The molecule has 0 amide bonds. The molecule has 2 atom stereocenters. The van der Waals surface area contributed by atoms with Gasteiger partial charge in [-0.05, 0) is 60.9 Å². The summed E-state index contributed by atoms with van der Waals surface area (Å²) in [7, 11) is 0. The summed E-state index contributed by atoms with van der Waals surface area (Å²) in [4.78, 5) is 1.52. The Bertz CT molecular complexity index is 852. The summed E-state index contributed by atoms with van der Waals surface area (Å²) in [6.45, 7) is 7.49. The van der Waals surface area contributed by atoms with E-state index in [0.717, 1.165) is 28.8 Å². The third-order valence-corrected chi connectivity index (χ3v) is 4.74. The first-order chi connectivity index (χ1) is 13.2. The number of aliphatic hydroxyl groups excluding tert-OH is 2. The molecule has 0 heterocycles. The summed E-state index contributed by atoms with van der Waals surface area (Å²) >= 11 is 0. The van der Waals surface area contributed by atoms with Gasteiger partial charge in [0.25, 0.3) is 0 Å². The van der Waals surface area contributed by atoms with Gasteiger partial charge in [0.2, 0.25) is 0 Å². The number of anilines is 1. The maximum Gasteiger partial charge on any atom is 0.132 e. The summed E-state index contributed by atoms with van der Waals surface area (Å²) in [5.74, 6) is 0. The van der Waals surface area contributed by atoms with Crippen molar-refractivity contribution >= 4 is 11.8 Å². The molecule has 146 valence electrons. The van der Waals surface area contributed by atoms with Gasteiger partial charge in [0.05, 0.1) is 0 Å². The van der Waals surface area contributed by atoms with Crippen molar-refractivity contribution in [2.45, 2.75) is 53.0 Å². The molecule has 0 spiro atoms. The summed E-state index contributed by atoms with van der Waals surface area (Å²) in [5, 5.41) is 38.0. The average Bonchev–Trinajstić information content (AvgIpc) is 2.60. The van der Waals surface area contributed by atoms with Gasteiger partial charge in [-0.15, -0.1) is 0 Å². The van der Waals surface area contributed by atoms with E-state index in [2.05, 4.69) is 13.8 Å². The summed E-state index contributed by atoms with van der Waals surface area (Å²) in [5.41, 5.74) is 3.75. The highest BCUT2D eigenvalue weighted by atomic mass is 16.3. The minimum atomic E-state index is -0.796. The molecule has 1 aromatic carbocycles. The van der Waals surface area contributed by atoms with E-state index in [0.29, 0.717) is 6.42 Å². The Morgan fingerprint density at radius 1 is 1.04 bits per heavy atom. The number of aliphatic hydroxyl groups is 2. The number of hydrogen-bond acceptors (Lipinski definition) is 5. The van der Waals surface area contributed by atoms with Crippen molar-refractivity contribution < 1.29 is 10.2 Å². The molecule has 2 N–H and O–H groups in total. The molecule has 0 saturated heterocycles. The number of nitrogens with zero attached hydrogens (tertiary/aromatic N) is 3. The second-order valence-corrected chi connectivity index (χ2v) is 7.96. The Morgan fingerprint density at radius 2 is 1.61 bits per heavy atom. The van der Waals surface area contributed by atoms with Crippen molar-refractivity contribution in [3.63, 3.8) is 0 Å². The standard InChI is InChI=1S/C23H27N3O2/c1-16(27)26(17(2)28)22-9-7-18(8-10-22)5-6-19-11-20(21(14-24)15-25)13-23(3,4)12-19/h5-11,16-17,27-28H,12-13H2,1-4H3. The number of nitriles is 2. The van der Waals surface area contributed by atoms with Gasteiger partial charge in [-0.25, -0.2) is 0 Å². The highest BCUT2D eigenvalue weighted by Gasteiger charge is 2.26. The molecule has 5 heteroatoms. The lowest BCUT2D eigenvalue weighted by molar-refractivity contribution is 0.105. The summed E-state index contributed by atoms with van der Waals surface area (Å²) < 4.78 is 0. The van der Waals surface area contributed by atoms with Crippen molar-refractivity contribution in [3.8, 4) is 12.1 Å². The van der Waals surface area contributed by atoms with Crippen LogP contribution in [0.2, 0.25) is 0 Å². The number of benzene rings is 1. The first-order valence-corrected chi connectivity index (χ1v) is 9.33. The van der Waals surface area contributed by atoms with E-state index in [9.17, 15) is 20.7 Å². The zero-order chi connectivity index (χ0) is 20.9. The highest BCUT2D eigenvalue weighted by molar-refractivity contribution is 5.59. The molecule has 1 aromatic rings. The van der Waals surface area contributed by atoms with Gasteiger partial charge in [0.15, 0.2) is 0 Å². The molecule has 0 saturated carbocycles. The van der Waals surface area contributed by atoms with Crippen LogP contribution in [0.25, 0.3) is 6.08 Å². The zero-order valence-corrected chi connectivity index (χ0v) is 16.8. The normalized spacial score (nSPS) is 18.0. The second-order valence-electron chi connectivity index (χ2n) is 7.96. The molecule has 1 aliphatic carbocycles. The fourth-order valence-electron chi connectivity index (χ4n) is 3.60. The van der Waals surface area contributed by atoms with Gasteiger partial charge in [-0.1, -0.05) is 44.2 Å². The maximum absolute atomic E-state index is 9.83. The molecule has 5 nitrogen and oxygen atoms in total. The van der Waals surface area contributed by atoms with Crippen LogP contribution >= 0.6 is 0 Å². The van der Waals surface area contributed by atoms with Crippen molar-refractivity contribution in [1.82, 2.24) is 0 Å². The van der Waals surface area contributed by atoms with Crippen LogP contribution in [0.4, 0.5) is 5.69 Å². The van der Waals surface area contributed by atoms with E-state index in [1.165, 1.54) is 4.90 Å². The second kappa shape index (κ2) is 8.89.